The van der Waals surface area contributed by atoms with Gasteiger partial charge in [-0.05, 0) is 48.9 Å². The minimum atomic E-state index is -0.346. The third-order valence-electron chi connectivity index (χ3n) is 5.38. The van der Waals surface area contributed by atoms with Crippen molar-refractivity contribution in [2.24, 2.45) is 5.92 Å². The summed E-state index contributed by atoms with van der Waals surface area (Å²) in [6.07, 6.45) is 7.14. The van der Waals surface area contributed by atoms with Crippen LogP contribution in [0, 0.1) is 11.7 Å². The second kappa shape index (κ2) is 6.90. The molecule has 1 aromatic heterocycles. The maximum atomic E-state index is 13.3. The summed E-state index contributed by atoms with van der Waals surface area (Å²) >= 11 is 0. The van der Waals surface area contributed by atoms with Crippen LogP contribution >= 0.6 is 0 Å². The molecule has 2 unspecified atom stereocenters. The van der Waals surface area contributed by atoms with E-state index in [1.807, 2.05) is 4.90 Å². The molecular formula is C18H22FN5O. The number of rotatable bonds is 3. The lowest BCUT2D eigenvalue weighted by Crippen LogP contribution is -2.50. The zero-order valence-corrected chi connectivity index (χ0v) is 14.1. The summed E-state index contributed by atoms with van der Waals surface area (Å²) in [5.41, 5.74) is 0.559. The van der Waals surface area contributed by atoms with Crippen molar-refractivity contribution in [2.75, 3.05) is 6.54 Å². The molecule has 2 aliphatic rings. The molecule has 1 aliphatic heterocycles. The number of tetrazole rings is 1. The highest BCUT2D eigenvalue weighted by Crippen LogP contribution is 2.35. The van der Waals surface area contributed by atoms with Crippen molar-refractivity contribution >= 4 is 5.91 Å². The molecule has 0 spiro atoms. The van der Waals surface area contributed by atoms with Crippen molar-refractivity contribution in [3.63, 3.8) is 0 Å². The van der Waals surface area contributed by atoms with E-state index in [1.54, 1.807) is 12.1 Å². The van der Waals surface area contributed by atoms with Gasteiger partial charge in [0.25, 0.3) is 0 Å². The van der Waals surface area contributed by atoms with E-state index in [2.05, 4.69) is 15.4 Å². The van der Waals surface area contributed by atoms with Gasteiger partial charge in [-0.3, -0.25) is 4.79 Å². The topological polar surface area (TPSA) is 63.9 Å². The van der Waals surface area contributed by atoms with Gasteiger partial charge < -0.3 is 4.90 Å². The molecule has 4 rings (SSSR count). The molecular weight excluding hydrogens is 321 g/mol. The summed E-state index contributed by atoms with van der Waals surface area (Å²) in [5.74, 6) is 0.695. The molecule has 0 radical (unpaired) electrons. The first kappa shape index (κ1) is 16.2. The molecule has 2 atom stereocenters. The quantitative estimate of drug-likeness (QED) is 0.859. The summed E-state index contributed by atoms with van der Waals surface area (Å²) < 4.78 is 13.3. The van der Waals surface area contributed by atoms with Gasteiger partial charge in [-0.25, -0.2) is 4.39 Å². The lowest BCUT2D eigenvalue weighted by Gasteiger charge is -2.44. The number of nitrogens with zero attached hydrogens (tertiary/aromatic N) is 5. The summed E-state index contributed by atoms with van der Waals surface area (Å²) in [7, 11) is 0. The van der Waals surface area contributed by atoms with Crippen molar-refractivity contribution in [2.45, 2.75) is 51.1 Å². The largest absolute Gasteiger partial charge is 0.338 e. The minimum Gasteiger partial charge on any atom is -0.338 e. The highest BCUT2D eigenvalue weighted by molar-refractivity contribution is 5.76. The Bertz CT molecular complexity index is 759. The Morgan fingerprint density at radius 1 is 1.20 bits per heavy atom. The van der Waals surface area contributed by atoms with E-state index in [-0.39, 0.29) is 18.3 Å². The number of likely N-dealkylation sites (tertiary alicyclic amines) is 1. The molecule has 2 heterocycles. The normalized spacial score (nSPS) is 23.3. The molecule has 0 bridgehead atoms. The minimum absolute atomic E-state index is 0.0554. The number of benzene rings is 1. The maximum Gasteiger partial charge on any atom is 0.246 e. The van der Waals surface area contributed by atoms with Gasteiger partial charge in [-0.15, -0.1) is 10.2 Å². The van der Waals surface area contributed by atoms with Gasteiger partial charge in [0.1, 0.15) is 12.4 Å². The van der Waals surface area contributed by atoms with Crippen LogP contribution in [0.1, 0.15) is 38.5 Å². The van der Waals surface area contributed by atoms with Gasteiger partial charge in [0, 0.05) is 18.2 Å². The smallest absolute Gasteiger partial charge is 0.246 e. The molecule has 1 aromatic carbocycles. The second-order valence-electron chi connectivity index (χ2n) is 7.00. The van der Waals surface area contributed by atoms with Crippen LogP contribution in [0.4, 0.5) is 4.39 Å². The fourth-order valence-corrected chi connectivity index (χ4v) is 4.20. The van der Waals surface area contributed by atoms with Crippen molar-refractivity contribution in [3.05, 3.63) is 30.1 Å². The maximum absolute atomic E-state index is 13.3. The Morgan fingerprint density at radius 2 is 2.04 bits per heavy atom. The van der Waals surface area contributed by atoms with Crippen molar-refractivity contribution < 1.29 is 9.18 Å². The van der Waals surface area contributed by atoms with E-state index in [0.717, 1.165) is 19.4 Å². The highest BCUT2D eigenvalue weighted by atomic mass is 19.1. The molecule has 2 fully saturated rings. The van der Waals surface area contributed by atoms with Gasteiger partial charge in [0.05, 0.1) is 0 Å². The fraction of sp³-hybridized carbons (Fsp3) is 0.556. The van der Waals surface area contributed by atoms with Crippen LogP contribution in [0.5, 0.6) is 0 Å². The first-order valence-electron chi connectivity index (χ1n) is 9.04. The molecule has 132 valence electrons. The van der Waals surface area contributed by atoms with Gasteiger partial charge in [0.15, 0.2) is 0 Å². The lowest BCUT2D eigenvalue weighted by atomic mass is 9.78. The number of carbonyl (C=O) groups excluding carboxylic acids is 1. The monoisotopic (exact) mass is 343 g/mol. The van der Waals surface area contributed by atoms with Crippen LogP contribution in [0.3, 0.4) is 0 Å². The van der Waals surface area contributed by atoms with Crippen LogP contribution in [0.25, 0.3) is 11.4 Å². The Balaban J connectivity index is 1.46. The Kier molecular flexibility index (Phi) is 4.46. The number of fused-ring (bicyclic) bond motifs is 1. The number of amides is 1. The number of aromatic nitrogens is 4. The SMILES string of the molecule is O=C(Cn1nnc(-c2cccc(F)c2)n1)N1CCCC2CCCCC21. The van der Waals surface area contributed by atoms with Crippen LogP contribution < -0.4 is 0 Å². The number of carbonyl (C=O) groups is 1. The molecule has 1 saturated heterocycles. The van der Waals surface area contributed by atoms with E-state index in [1.165, 1.54) is 42.6 Å². The van der Waals surface area contributed by atoms with Gasteiger partial charge in [-0.1, -0.05) is 25.0 Å². The highest BCUT2D eigenvalue weighted by Gasteiger charge is 2.35. The van der Waals surface area contributed by atoms with E-state index in [4.69, 9.17) is 0 Å². The van der Waals surface area contributed by atoms with E-state index >= 15 is 0 Å². The Hall–Kier alpha value is -2.31. The molecule has 1 amide bonds. The third-order valence-corrected chi connectivity index (χ3v) is 5.38. The van der Waals surface area contributed by atoms with Gasteiger partial charge in [-0.2, -0.15) is 4.80 Å². The van der Waals surface area contributed by atoms with Crippen LogP contribution in [0.2, 0.25) is 0 Å². The van der Waals surface area contributed by atoms with Crippen molar-refractivity contribution in [1.29, 1.82) is 0 Å². The number of hydrogen-bond donors (Lipinski definition) is 0. The predicted octanol–water partition coefficient (Wildman–Crippen LogP) is 2.66. The summed E-state index contributed by atoms with van der Waals surface area (Å²) in [6.45, 7) is 0.914. The second-order valence-corrected chi connectivity index (χ2v) is 7.00. The zero-order chi connectivity index (χ0) is 17.2. The van der Waals surface area contributed by atoms with E-state index < -0.39 is 0 Å². The molecule has 1 saturated carbocycles. The standard InChI is InChI=1S/C18H22FN5O/c19-15-8-3-6-14(11-15)18-20-22-24(21-18)12-17(25)23-10-4-7-13-5-1-2-9-16(13)23/h3,6,8,11,13,16H,1-2,4-5,7,9-10,12H2. The Morgan fingerprint density at radius 3 is 2.92 bits per heavy atom. The molecule has 2 aromatic rings. The van der Waals surface area contributed by atoms with Crippen LogP contribution in [-0.2, 0) is 11.3 Å². The average Bonchev–Trinajstić information content (AvgIpc) is 3.10. The van der Waals surface area contributed by atoms with Gasteiger partial charge >= 0.3 is 0 Å². The molecule has 1 aliphatic carbocycles. The zero-order valence-electron chi connectivity index (χ0n) is 14.1. The number of piperidine rings is 1. The van der Waals surface area contributed by atoms with Crippen molar-refractivity contribution in [1.82, 2.24) is 25.1 Å². The summed E-state index contributed by atoms with van der Waals surface area (Å²) in [6, 6.07) is 6.44. The van der Waals surface area contributed by atoms with E-state index in [9.17, 15) is 9.18 Å². The average molecular weight is 343 g/mol. The van der Waals surface area contributed by atoms with Crippen molar-refractivity contribution in [3.8, 4) is 11.4 Å². The molecule has 25 heavy (non-hydrogen) atoms. The summed E-state index contributed by atoms with van der Waals surface area (Å²) in [4.78, 5) is 16.1. The third kappa shape index (κ3) is 3.41. The molecule has 6 nitrogen and oxygen atoms in total. The summed E-state index contributed by atoms with van der Waals surface area (Å²) in [5, 5.41) is 12.2. The lowest BCUT2D eigenvalue weighted by molar-refractivity contribution is -0.138. The number of halogens is 1. The predicted molar refractivity (Wildman–Crippen MR) is 89.9 cm³/mol. The Labute approximate surface area is 146 Å². The molecule has 7 heteroatoms. The first-order chi connectivity index (χ1) is 12.2. The number of hydrogen-bond acceptors (Lipinski definition) is 4. The van der Waals surface area contributed by atoms with Crippen LogP contribution in [-0.4, -0.2) is 43.6 Å². The van der Waals surface area contributed by atoms with E-state index in [0.29, 0.717) is 23.3 Å². The van der Waals surface area contributed by atoms with Crippen LogP contribution in [0.15, 0.2) is 24.3 Å². The fourth-order valence-electron chi connectivity index (χ4n) is 4.20. The molecule has 0 N–H and O–H groups in total. The first-order valence-corrected chi connectivity index (χ1v) is 9.04. The van der Waals surface area contributed by atoms with Gasteiger partial charge in [0.2, 0.25) is 11.7 Å².